The van der Waals surface area contributed by atoms with E-state index in [1.165, 1.54) is 10.8 Å². The molecule has 0 fully saturated rings. The normalized spacial score (nSPS) is 15.0. The zero-order valence-electron chi connectivity index (χ0n) is 19.3. The second-order valence-electron chi connectivity index (χ2n) is 9.69. The van der Waals surface area contributed by atoms with E-state index in [9.17, 15) is 1.37 Å². The van der Waals surface area contributed by atoms with Gasteiger partial charge in [-0.25, -0.2) is 0 Å². The fourth-order valence-corrected chi connectivity index (χ4v) is 5.03. The van der Waals surface area contributed by atoms with Crippen LogP contribution in [-0.2, 0) is 5.41 Å². The molecule has 28 heavy (non-hydrogen) atoms. The van der Waals surface area contributed by atoms with Crippen LogP contribution in [0.3, 0.4) is 0 Å². The summed E-state index contributed by atoms with van der Waals surface area (Å²) >= 11 is 0. The molecule has 3 rings (SSSR count). The standard InChI is InChI=1S/C26H33NSi/c1-19(20-12-9-8-10-13-20)23-17-24(27-18-25(23)28(5,6)7)21-14-11-15-22(16-21)26(2,3)4/h8-19H,1-7H3/i19D. The van der Waals surface area contributed by atoms with Gasteiger partial charge in [-0.15, -0.1) is 0 Å². The van der Waals surface area contributed by atoms with Gasteiger partial charge in [-0.3, -0.25) is 4.98 Å². The first-order chi connectivity index (χ1) is 13.4. The second-order valence-corrected chi connectivity index (χ2v) is 14.7. The smallest absolute Gasteiger partial charge is 0.0800 e. The summed E-state index contributed by atoms with van der Waals surface area (Å²) in [5.41, 5.74) is 5.54. The fraction of sp³-hybridized carbons (Fsp3) is 0.346. The van der Waals surface area contributed by atoms with E-state index in [1.807, 2.05) is 31.3 Å². The van der Waals surface area contributed by atoms with Gasteiger partial charge >= 0.3 is 0 Å². The second kappa shape index (κ2) is 7.67. The molecular weight excluding hydrogens is 354 g/mol. The number of hydrogen-bond donors (Lipinski definition) is 0. The van der Waals surface area contributed by atoms with Crippen LogP contribution in [0.1, 0.15) is 51.7 Å². The van der Waals surface area contributed by atoms with Gasteiger partial charge in [0.05, 0.1) is 13.8 Å². The van der Waals surface area contributed by atoms with Gasteiger partial charge in [0.25, 0.3) is 0 Å². The Morgan fingerprint density at radius 3 is 2.21 bits per heavy atom. The molecule has 0 spiro atoms. The first-order valence-electron chi connectivity index (χ1n) is 10.6. The van der Waals surface area contributed by atoms with Crippen LogP contribution in [-0.4, -0.2) is 13.1 Å². The van der Waals surface area contributed by atoms with Crippen LogP contribution in [0.15, 0.2) is 66.9 Å². The molecule has 0 N–H and O–H groups in total. The Hall–Kier alpha value is -2.19. The van der Waals surface area contributed by atoms with Crippen LogP contribution in [0, 0.1) is 0 Å². The van der Waals surface area contributed by atoms with Crippen molar-refractivity contribution < 1.29 is 1.37 Å². The number of hydrogen-bond acceptors (Lipinski definition) is 1. The van der Waals surface area contributed by atoms with Crippen LogP contribution in [0.25, 0.3) is 11.3 Å². The van der Waals surface area contributed by atoms with Gasteiger partial charge in [-0.2, -0.15) is 0 Å². The maximum Gasteiger partial charge on any atom is 0.0800 e. The molecule has 2 aromatic carbocycles. The van der Waals surface area contributed by atoms with E-state index in [-0.39, 0.29) is 5.41 Å². The SMILES string of the molecule is [2H]C(C)(c1ccccc1)c1cc(-c2cccc(C(C)(C)C)c2)ncc1[Si](C)(C)C. The highest BCUT2D eigenvalue weighted by molar-refractivity contribution is 6.89. The van der Waals surface area contributed by atoms with E-state index in [0.29, 0.717) is 0 Å². The molecule has 0 saturated heterocycles. The Kier molecular flexibility index (Phi) is 5.24. The monoisotopic (exact) mass is 388 g/mol. The molecule has 3 aromatic rings. The van der Waals surface area contributed by atoms with Crippen LogP contribution >= 0.6 is 0 Å². The highest BCUT2D eigenvalue weighted by Crippen LogP contribution is 2.30. The highest BCUT2D eigenvalue weighted by Gasteiger charge is 2.25. The third-order valence-electron chi connectivity index (χ3n) is 5.35. The minimum atomic E-state index is -1.67. The van der Waals surface area contributed by atoms with E-state index >= 15 is 0 Å². The summed E-state index contributed by atoms with van der Waals surface area (Å²) in [7, 11) is -1.67. The Balaban J connectivity index is 2.20. The minimum Gasteiger partial charge on any atom is -0.256 e. The Morgan fingerprint density at radius 1 is 0.929 bits per heavy atom. The molecule has 0 aliphatic rings. The van der Waals surface area contributed by atoms with Crippen LogP contribution < -0.4 is 5.19 Å². The summed E-state index contributed by atoms with van der Waals surface area (Å²) in [4.78, 5) is 4.86. The van der Waals surface area contributed by atoms with Crippen molar-refractivity contribution in [2.45, 2.75) is 58.6 Å². The quantitative estimate of drug-likeness (QED) is 0.451. The topological polar surface area (TPSA) is 12.9 Å². The van der Waals surface area contributed by atoms with E-state index in [4.69, 9.17) is 4.98 Å². The Labute approximate surface area is 173 Å². The number of nitrogens with zero attached hydrogens (tertiary/aromatic N) is 1. The van der Waals surface area contributed by atoms with Crippen LogP contribution in [0.5, 0.6) is 0 Å². The highest BCUT2D eigenvalue weighted by atomic mass is 28.3. The van der Waals surface area contributed by atoms with Gasteiger partial charge < -0.3 is 0 Å². The Morgan fingerprint density at radius 2 is 1.61 bits per heavy atom. The molecule has 1 atom stereocenters. The molecule has 0 aliphatic heterocycles. The third-order valence-corrected chi connectivity index (χ3v) is 7.36. The zero-order chi connectivity index (χ0) is 21.4. The summed E-state index contributed by atoms with van der Waals surface area (Å²) in [6.07, 6.45) is 2.04. The average molecular weight is 389 g/mol. The van der Waals surface area contributed by atoms with Crippen molar-refractivity contribution in [3.05, 3.63) is 83.6 Å². The largest absolute Gasteiger partial charge is 0.256 e. The Bertz CT molecular complexity index is 995. The van der Waals surface area contributed by atoms with E-state index in [1.54, 1.807) is 0 Å². The van der Waals surface area contributed by atoms with Gasteiger partial charge in [-0.05, 0) is 39.4 Å². The van der Waals surface area contributed by atoms with E-state index < -0.39 is 14.0 Å². The molecule has 1 aromatic heterocycles. The van der Waals surface area contributed by atoms with Crippen molar-refractivity contribution in [1.29, 1.82) is 0 Å². The lowest BCUT2D eigenvalue weighted by molar-refractivity contribution is 0.590. The lowest BCUT2D eigenvalue weighted by Crippen LogP contribution is -2.41. The summed E-state index contributed by atoms with van der Waals surface area (Å²) in [6.45, 7) is 15.7. The van der Waals surface area contributed by atoms with Crippen molar-refractivity contribution in [2.75, 3.05) is 0 Å². The molecule has 0 aliphatic carbocycles. The molecule has 0 amide bonds. The summed E-state index contributed by atoms with van der Waals surface area (Å²) in [5, 5.41) is 1.26. The number of benzene rings is 2. The first kappa shape index (κ1) is 19.1. The van der Waals surface area contributed by atoms with Crippen molar-refractivity contribution >= 4 is 13.3 Å². The first-order valence-corrected chi connectivity index (χ1v) is 13.6. The molecule has 0 radical (unpaired) electrons. The molecule has 0 saturated carbocycles. The molecule has 1 nitrogen and oxygen atoms in total. The number of rotatable bonds is 4. The lowest BCUT2D eigenvalue weighted by atomic mass is 9.85. The molecule has 2 heteroatoms. The predicted molar refractivity (Wildman–Crippen MR) is 125 cm³/mol. The van der Waals surface area contributed by atoms with Crippen LogP contribution in [0.2, 0.25) is 19.6 Å². The maximum atomic E-state index is 9.32. The molecule has 146 valence electrons. The fourth-order valence-electron chi connectivity index (χ4n) is 3.51. The summed E-state index contributed by atoms with van der Waals surface area (Å²) in [6, 6.07) is 21.0. The molecule has 1 heterocycles. The van der Waals surface area contributed by atoms with Crippen molar-refractivity contribution in [2.24, 2.45) is 0 Å². The third kappa shape index (κ3) is 4.44. The zero-order valence-corrected chi connectivity index (χ0v) is 19.3. The van der Waals surface area contributed by atoms with Gasteiger partial charge in [-0.1, -0.05) is 95.9 Å². The van der Waals surface area contributed by atoms with Gasteiger partial charge in [0.1, 0.15) is 0 Å². The number of pyridine rings is 1. The van der Waals surface area contributed by atoms with E-state index in [0.717, 1.165) is 22.4 Å². The molecule has 1 unspecified atom stereocenters. The number of aromatic nitrogens is 1. The minimum absolute atomic E-state index is 0.0884. The van der Waals surface area contributed by atoms with E-state index in [2.05, 4.69) is 82.9 Å². The predicted octanol–water partition coefficient (Wildman–Crippen LogP) is 6.74. The van der Waals surface area contributed by atoms with Crippen LogP contribution in [0.4, 0.5) is 0 Å². The van der Waals surface area contributed by atoms with Crippen molar-refractivity contribution in [3.63, 3.8) is 0 Å². The molecule has 0 bridgehead atoms. The summed E-state index contributed by atoms with van der Waals surface area (Å²) < 4.78 is 9.32. The van der Waals surface area contributed by atoms with Gasteiger partial charge in [0.2, 0.25) is 0 Å². The van der Waals surface area contributed by atoms with Gasteiger partial charge in [0, 0.05) is 19.0 Å². The maximum absolute atomic E-state index is 9.32. The average Bonchev–Trinajstić information content (AvgIpc) is 2.67. The van der Waals surface area contributed by atoms with Crippen molar-refractivity contribution in [3.8, 4) is 11.3 Å². The van der Waals surface area contributed by atoms with Crippen molar-refractivity contribution in [1.82, 2.24) is 4.98 Å². The molecular formula is C26H33NSi. The lowest BCUT2D eigenvalue weighted by Gasteiger charge is -2.25. The van der Waals surface area contributed by atoms with Gasteiger partial charge in [0.15, 0.2) is 0 Å². The summed E-state index contributed by atoms with van der Waals surface area (Å²) in [5.74, 6) is -0.823.